The first-order chi connectivity index (χ1) is 13.2. The van der Waals surface area contributed by atoms with Crippen molar-refractivity contribution in [2.45, 2.75) is 0 Å². The Hall–Kier alpha value is -3.67. The molecule has 0 N–H and O–H groups in total. The topological polar surface area (TPSA) is 57.7 Å². The van der Waals surface area contributed by atoms with Crippen molar-refractivity contribution in [3.05, 3.63) is 84.4 Å². The summed E-state index contributed by atoms with van der Waals surface area (Å²) in [4.78, 5) is 15.9. The monoisotopic (exact) mass is 365 g/mol. The van der Waals surface area contributed by atoms with Crippen molar-refractivity contribution in [1.29, 1.82) is 0 Å². The summed E-state index contributed by atoms with van der Waals surface area (Å²) in [7, 11) is 1.49. The van der Waals surface area contributed by atoms with Gasteiger partial charge >= 0.3 is 5.97 Å². The van der Waals surface area contributed by atoms with Gasteiger partial charge in [0.25, 0.3) is 0 Å². The fraction of sp³-hybridized carbons (Fsp3) is 0.0476. The van der Waals surface area contributed by atoms with Crippen LogP contribution in [0.2, 0.25) is 0 Å². The van der Waals surface area contributed by atoms with E-state index in [-0.39, 0.29) is 5.75 Å². The van der Waals surface area contributed by atoms with Gasteiger partial charge in [-0.1, -0.05) is 18.2 Å². The third-order valence-electron chi connectivity index (χ3n) is 3.51. The van der Waals surface area contributed by atoms with E-state index in [0.29, 0.717) is 22.8 Å². The van der Waals surface area contributed by atoms with Crippen LogP contribution < -0.4 is 14.2 Å². The molecule has 3 aromatic rings. The Balaban J connectivity index is 1.66. The second-order valence-corrected chi connectivity index (χ2v) is 5.39. The number of aromatic nitrogens is 1. The Bertz CT molecular complexity index is 957. The first-order valence-electron chi connectivity index (χ1n) is 8.06. The SMILES string of the molecule is COc1ccccc1OC(=O)/C=C/c1ccc(Oc2cccnc2)c(F)c1. The van der Waals surface area contributed by atoms with Gasteiger partial charge in [-0.05, 0) is 48.0 Å². The van der Waals surface area contributed by atoms with Gasteiger partial charge in [-0.2, -0.15) is 0 Å². The van der Waals surface area contributed by atoms with E-state index in [9.17, 15) is 9.18 Å². The van der Waals surface area contributed by atoms with Crippen molar-refractivity contribution < 1.29 is 23.4 Å². The van der Waals surface area contributed by atoms with Gasteiger partial charge in [-0.3, -0.25) is 4.98 Å². The van der Waals surface area contributed by atoms with Crippen LogP contribution >= 0.6 is 0 Å². The van der Waals surface area contributed by atoms with Gasteiger partial charge in [0.15, 0.2) is 23.1 Å². The number of pyridine rings is 1. The third-order valence-corrected chi connectivity index (χ3v) is 3.51. The summed E-state index contributed by atoms with van der Waals surface area (Å²) >= 11 is 0. The van der Waals surface area contributed by atoms with E-state index in [4.69, 9.17) is 14.2 Å². The summed E-state index contributed by atoms with van der Waals surface area (Å²) in [6.07, 6.45) is 5.75. The van der Waals surface area contributed by atoms with Crippen molar-refractivity contribution in [2.75, 3.05) is 7.11 Å². The molecule has 27 heavy (non-hydrogen) atoms. The van der Waals surface area contributed by atoms with Crippen LogP contribution in [0.4, 0.5) is 4.39 Å². The lowest BCUT2D eigenvalue weighted by Gasteiger charge is -2.07. The molecule has 0 aliphatic heterocycles. The fourth-order valence-electron chi connectivity index (χ4n) is 2.25. The van der Waals surface area contributed by atoms with Crippen molar-refractivity contribution in [3.8, 4) is 23.0 Å². The molecule has 5 nitrogen and oxygen atoms in total. The Morgan fingerprint density at radius 1 is 1.04 bits per heavy atom. The van der Waals surface area contributed by atoms with Gasteiger partial charge in [-0.15, -0.1) is 0 Å². The molecule has 0 saturated carbocycles. The van der Waals surface area contributed by atoms with E-state index in [1.54, 1.807) is 48.7 Å². The molecular formula is C21H16FNO4. The highest BCUT2D eigenvalue weighted by Crippen LogP contribution is 2.27. The molecule has 1 heterocycles. The third kappa shape index (κ3) is 4.92. The minimum absolute atomic E-state index is 0.0664. The summed E-state index contributed by atoms with van der Waals surface area (Å²) in [6.45, 7) is 0. The van der Waals surface area contributed by atoms with Gasteiger partial charge < -0.3 is 14.2 Å². The van der Waals surface area contributed by atoms with Crippen molar-refractivity contribution in [1.82, 2.24) is 4.98 Å². The number of nitrogens with zero attached hydrogens (tertiary/aromatic N) is 1. The minimum atomic E-state index is -0.601. The highest BCUT2D eigenvalue weighted by atomic mass is 19.1. The molecule has 0 bridgehead atoms. The standard InChI is InChI=1S/C21H16FNO4/c1-25-19-6-2-3-7-20(19)27-21(24)11-9-15-8-10-18(17(22)13-15)26-16-5-4-12-23-14-16/h2-14H,1H3/b11-9+. The second-order valence-electron chi connectivity index (χ2n) is 5.39. The van der Waals surface area contributed by atoms with Crippen LogP contribution in [-0.2, 0) is 4.79 Å². The van der Waals surface area contributed by atoms with Crippen LogP contribution in [0.25, 0.3) is 6.08 Å². The smallest absolute Gasteiger partial charge is 0.336 e. The normalized spacial score (nSPS) is 10.6. The van der Waals surface area contributed by atoms with Crippen LogP contribution in [0.1, 0.15) is 5.56 Å². The summed E-state index contributed by atoms with van der Waals surface area (Å²) in [5.74, 6) is 0.0924. The maximum absolute atomic E-state index is 14.2. The molecule has 0 aliphatic rings. The van der Waals surface area contributed by atoms with Gasteiger partial charge in [0, 0.05) is 12.3 Å². The van der Waals surface area contributed by atoms with Crippen LogP contribution in [0, 0.1) is 5.82 Å². The van der Waals surface area contributed by atoms with Gasteiger partial charge in [0.2, 0.25) is 0 Å². The van der Waals surface area contributed by atoms with Crippen LogP contribution in [0.5, 0.6) is 23.0 Å². The number of para-hydroxylation sites is 2. The van der Waals surface area contributed by atoms with E-state index < -0.39 is 11.8 Å². The molecule has 0 spiro atoms. The fourth-order valence-corrected chi connectivity index (χ4v) is 2.25. The molecule has 0 unspecified atom stereocenters. The number of methoxy groups -OCH3 is 1. The Morgan fingerprint density at radius 3 is 2.56 bits per heavy atom. The zero-order valence-corrected chi connectivity index (χ0v) is 14.5. The average Bonchev–Trinajstić information content (AvgIpc) is 2.69. The largest absolute Gasteiger partial charge is 0.493 e. The van der Waals surface area contributed by atoms with Crippen LogP contribution in [0.15, 0.2) is 73.1 Å². The number of halogens is 1. The number of ether oxygens (including phenoxy) is 3. The maximum atomic E-state index is 14.2. The van der Waals surface area contributed by atoms with Crippen molar-refractivity contribution in [3.63, 3.8) is 0 Å². The molecule has 0 atom stereocenters. The van der Waals surface area contributed by atoms with Crippen molar-refractivity contribution in [2.24, 2.45) is 0 Å². The van der Waals surface area contributed by atoms with E-state index >= 15 is 0 Å². The first kappa shape index (κ1) is 18.1. The first-order valence-corrected chi connectivity index (χ1v) is 8.06. The van der Waals surface area contributed by atoms with Crippen LogP contribution in [0.3, 0.4) is 0 Å². The van der Waals surface area contributed by atoms with E-state index in [2.05, 4.69) is 4.98 Å². The van der Waals surface area contributed by atoms with Crippen LogP contribution in [-0.4, -0.2) is 18.1 Å². The number of carbonyl (C=O) groups is 1. The predicted octanol–water partition coefficient (Wildman–Crippen LogP) is 4.64. The van der Waals surface area contributed by atoms with E-state index in [0.717, 1.165) is 0 Å². The number of hydrogen-bond acceptors (Lipinski definition) is 5. The Morgan fingerprint density at radius 2 is 1.85 bits per heavy atom. The quantitative estimate of drug-likeness (QED) is 0.362. The van der Waals surface area contributed by atoms with E-state index in [1.165, 1.54) is 37.6 Å². The molecule has 0 aliphatic carbocycles. The molecule has 1 aromatic heterocycles. The number of rotatable bonds is 6. The number of esters is 1. The molecule has 0 radical (unpaired) electrons. The predicted molar refractivity (Wildman–Crippen MR) is 98.4 cm³/mol. The molecule has 136 valence electrons. The molecule has 3 rings (SSSR count). The molecule has 2 aromatic carbocycles. The number of benzene rings is 2. The molecule has 0 amide bonds. The lowest BCUT2D eigenvalue weighted by atomic mass is 10.2. The lowest BCUT2D eigenvalue weighted by molar-refractivity contribution is -0.129. The van der Waals surface area contributed by atoms with Gasteiger partial charge in [-0.25, -0.2) is 9.18 Å². The minimum Gasteiger partial charge on any atom is -0.493 e. The highest BCUT2D eigenvalue weighted by Gasteiger charge is 2.08. The van der Waals surface area contributed by atoms with E-state index in [1.807, 2.05) is 0 Å². The zero-order valence-electron chi connectivity index (χ0n) is 14.5. The van der Waals surface area contributed by atoms with Gasteiger partial charge in [0.1, 0.15) is 5.75 Å². The maximum Gasteiger partial charge on any atom is 0.336 e. The second kappa shape index (κ2) is 8.62. The lowest BCUT2D eigenvalue weighted by Crippen LogP contribution is -2.04. The molecule has 0 saturated heterocycles. The van der Waals surface area contributed by atoms with Gasteiger partial charge in [0.05, 0.1) is 13.3 Å². The van der Waals surface area contributed by atoms with Crippen molar-refractivity contribution >= 4 is 12.0 Å². The Labute approximate surface area is 155 Å². The Kier molecular flexibility index (Phi) is 5.79. The summed E-state index contributed by atoms with van der Waals surface area (Å²) in [5, 5.41) is 0. The molecule has 0 fully saturated rings. The summed E-state index contributed by atoms with van der Waals surface area (Å²) < 4.78 is 30.0. The summed E-state index contributed by atoms with van der Waals surface area (Å²) in [6, 6.07) is 14.5. The average molecular weight is 365 g/mol. The zero-order chi connectivity index (χ0) is 19.1. The molecule has 6 heteroatoms. The number of carbonyl (C=O) groups excluding carboxylic acids is 1. The highest BCUT2D eigenvalue weighted by molar-refractivity contribution is 5.89. The number of hydrogen-bond donors (Lipinski definition) is 0. The molecular weight excluding hydrogens is 349 g/mol. The summed E-state index contributed by atoms with van der Waals surface area (Å²) in [5.41, 5.74) is 0.489.